The largest absolute Gasteiger partial charge is 0.497 e. The first kappa shape index (κ1) is 12.8. The maximum atomic E-state index is 5.18. The Morgan fingerprint density at radius 1 is 1.19 bits per heavy atom. The topological polar surface area (TPSA) is 9.23 Å². The first-order chi connectivity index (χ1) is 7.86. The van der Waals surface area contributed by atoms with Crippen molar-refractivity contribution in [2.75, 3.05) is 7.11 Å². The number of unbranched alkanes of at least 4 members (excludes halogenated alkanes) is 4. The van der Waals surface area contributed by atoms with E-state index in [-0.39, 0.29) is 0 Å². The van der Waals surface area contributed by atoms with Gasteiger partial charge in [0.15, 0.2) is 0 Å². The maximum absolute atomic E-state index is 5.18. The molecule has 1 aromatic rings. The molecule has 0 heterocycles. The molecule has 1 rings (SSSR count). The third-order valence-corrected chi connectivity index (χ3v) is 2.63. The smallest absolute Gasteiger partial charge is 0.119 e. The molecule has 0 N–H and O–H groups in total. The second kappa shape index (κ2) is 7.98. The van der Waals surface area contributed by atoms with Gasteiger partial charge in [-0.25, -0.2) is 0 Å². The highest BCUT2D eigenvalue weighted by atomic mass is 16.5. The molecular weight excluding hydrogens is 196 g/mol. The fourth-order valence-electron chi connectivity index (χ4n) is 1.65. The number of ether oxygens (including phenoxy) is 1. The van der Waals surface area contributed by atoms with Gasteiger partial charge in [0.25, 0.3) is 0 Å². The van der Waals surface area contributed by atoms with Gasteiger partial charge in [0.2, 0.25) is 0 Å². The lowest BCUT2D eigenvalue weighted by atomic mass is 10.1. The standard InChI is InChI=1S/C15H22O/c1-3-4-5-6-7-8-10-14-11-9-12-15(13-14)16-2/h8-13H,3-7H2,1-2H3/b10-8-. The Bertz CT molecular complexity index is 315. The molecule has 0 atom stereocenters. The molecule has 1 nitrogen and oxygen atoms in total. The highest BCUT2D eigenvalue weighted by Crippen LogP contribution is 2.14. The Morgan fingerprint density at radius 2 is 2.06 bits per heavy atom. The van der Waals surface area contributed by atoms with Gasteiger partial charge in [-0.05, 0) is 30.5 Å². The number of hydrogen-bond donors (Lipinski definition) is 0. The van der Waals surface area contributed by atoms with E-state index in [9.17, 15) is 0 Å². The van der Waals surface area contributed by atoms with E-state index in [4.69, 9.17) is 4.74 Å². The summed E-state index contributed by atoms with van der Waals surface area (Å²) < 4.78 is 5.18. The summed E-state index contributed by atoms with van der Waals surface area (Å²) in [6, 6.07) is 8.15. The van der Waals surface area contributed by atoms with Crippen molar-refractivity contribution < 1.29 is 4.74 Å². The van der Waals surface area contributed by atoms with E-state index < -0.39 is 0 Å². The van der Waals surface area contributed by atoms with E-state index in [1.54, 1.807) is 7.11 Å². The average molecular weight is 218 g/mol. The van der Waals surface area contributed by atoms with Gasteiger partial charge in [-0.15, -0.1) is 0 Å². The summed E-state index contributed by atoms with van der Waals surface area (Å²) in [6.45, 7) is 2.24. The van der Waals surface area contributed by atoms with Crippen LogP contribution in [0.15, 0.2) is 30.3 Å². The van der Waals surface area contributed by atoms with E-state index in [2.05, 4.69) is 31.2 Å². The Labute approximate surface area is 99.1 Å². The number of hydrogen-bond acceptors (Lipinski definition) is 1. The first-order valence-electron chi connectivity index (χ1n) is 6.17. The number of methoxy groups -OCH3 is 1. The fourth-order valence-corrected chi connectivity index (χ4v) is 1.65. The minimum Gasteiger partial charge on any atom is -0.497 e. The van der Waals surface area contributed by atoms with E-state index in [1.165, 1.54) is 37.7 Å². The SMILES string of the molecule is CCCCCC/C=C\c1cccc(OC)c1. The molecule has 0 unspecified atom stereocenters. The molecular formula is C15H22O. The predicted octanol–water partition coefficient (Wildman–Crippen LogP) is 4.68. The van der Waals surface area contributed by atoms with Crippen LogP contribution in [0, 0.1) is 0 Å². The predicted molar refractivity (Wildman–Crippen MR) is 70.8 cm³/mol. The molecule has 0 aliphatic heterocycles. The zero-order valence-electron chi connectivity index (χ0n) is 10.4. The zero-order chi connectivity index (χ0) is 11.6. The molecule has 0 radical (unpaired) electrons. The van der Waals surface area contributed by atoms with E-state index in [0.717, 1.165) is 5.75 Å². The van der Waals surface area contributed by atoms with E-state index in [0.29, 0.717) is 0 Å². The molecule has 0 aromatic heterocycles. The number of rotatable bonds is 7. The lowest BCUT2D eigenvalue weighted by molar-refractivity contribution is 0.414. The second-order valence-corrected chi connectivity index (χ2v) is 4.03. The minimum absolute atomic E-state index is 0.924. The summed E-state index contributed by atoms with van der Waals surface area (Å²) in [5, 5.41) is 0. The third kappa shape index (κ3) is 5.01. The van der Waals surface area contributed by atoms with Gasteiger partial charge in [-0.3, -0.25) is 0 Å². The summed E-state index contributed by atoms with van der Waals surface area (Å²) in [5.41, 5.74) is 1.22. The quantitative estimate of drug-likeness (QED) is 0.604. The molecule has 0 saturated carbocycles. The van der Waals surface area contributed by atoms with Crippen LogP contribution < -0.4 is 4.74 Å². The molecule has 0 amide bonds. The Kier molecular flexibility index (Phi) is 6.39. The highest BCUT2D eigenvalue weighted by Gasteiger charge is 1.91. The van der Waals surface area contributed by atoms with Crippen molar-refractivity contribution in [1.82, 2.24) is 0 Å². The highest BCUT2D eigenvalue weighted by molar-refractivity contribution is 5.51. The van der Waals surface area contributed by atoms with Gasteiger partial charge in [0, 0.05) is 0 Å². The second-order valence-electron chi connectivity index (χ2n) is 4.03. The van der Waals surface area contributed by atoms with Gasteiger partial charge in [0.1, 0.15) is 5.75 Å². The minimum atomic E-state index is 0.924. The summed E-state index contributed by atoms with van der Waals surface area (Å²) in [4.78, 5) is 0. The maximum Gasteiger partial charge on any atom is 0.119 e. The molecule has 0 saturated heterocycles. The Hall–Kier alpha value is -1.24. The monoisotopic (exact) mass is 218 g/mol. The summed E-state index contributed by atoms with van der Waals surface area (Å²) in [6.07, 6.45) is 10.9. The fraction of sp³-hybridized carbons (Fsp3) is 0.467. The van der Waals surface area contributed by atoms with Crippen LogP contribution >= 0.6 is 0 Å². The summed E-state index contributed by atoms with van der Waals surface area (Å²) >= 11 is 0. The average Bonchev–Trinajstić information content (AvgIpc) is 2.34. The Balaban J connectivity index is 2.32. The van der Waals surface area contributed by atoms with E-state index in [1.807, 2.05) is 12.1 Å². The molecule has 0 bridgehead atoms. The van der Waals surface area contributed by atoms with Crippen molar-refractivity contribution in [3.05, 3.63) is 35.9 Å². The molecule has 0 aliphatic carbocycles. The summed E-state index contributed by atoms with van der Waals surface area (Å²) in [5.74, 6) is 0.924. The van der Waals surface area contributed by atoms with Crippen molar-refractivity contribution in [1.29, 1.82) is 0 Å². The van der Waals surface area contributed by atoms with Gasteiger partial charge >= 0.3 is 0 Å². The number of allylic oxidation sites excluding steroid dienone is 1. The van der Waals surface area contributed by atoms with Crippen molar-refractivity contribution in [3.63, 3.8) is 0 Å². The van der Waals surface area contributed by atoms with Crippen LogP contribution in [0.4, 0.5) is 0 Å². The van der Waals surface area contributed by atoms with E-state index >= 15 is 0 Å². The lowest BCUT2D eigenvalue weighted by Crippen LogP contribution is -1.82. The van der Waals surface area contributed by atoms with Crippen LogP contribution in [0.5, 0.6) is 5.75 Å². The van der Waals surface area contributed by atoms with Gasteiger partial charge in [-0.2, -0.15) is 0 Å². The van der Waals surface area contributed by atoms with Gasteiger partial charge in [0.05, 0.1) is 7.11 Å². The Morgan fingerprint density at radius 3 is 2.81 bits per heavy atom. The lowest BCUT2D eigenvalue weighted by Gasteiger charge is -2.00. The summed E-state index contributed by atoms with van der Waals surface area (Å²) in [7, 11) is 1.70. The molecule has 0 spiro atoms. The van der Waals surface area contributed by atoms with Crippen molar-refractivity contribution in [2.24, 2.45) is 0 Å². The van der Waals surface area contributed by atoms with Crippen LogP contribution in [0.2, 0.25) is 0 Å². The van der Waals surface area contributed by atoms with Crippen LogP contribution in [0.25, 0.3) is 6.08 Å². The van der Waals surface area contributed by atoms with Gasteiger partial charge < -0.3 is 4.74 Å². The molecule has 1 aromatic carbocycles. The first-order valence-corrected chi connectivity index (χ1v) is 6.17. The normalized spacial score (nSPS) is 10.9. The molecule has 1 heteroatoms. The zero-order valence-corrected chi connectivity index (χ0v) is 10.4. The van der Waals surface area contributed by atoms with Crippen LogP contribution in [-0.4, -0.2) is 7.11 Å². The third-order valence-electron chi connectivity index (χ3n) is 2.63. The molecule has 88 valence electrons. The van der Waals surface area contributed by atoms with Crippen molar-refractivity contribution >= 4 is 6.08 Å². The molecule has 0 fully saturated rings. The molecule has 16 heavy (non-hydrogen) atoms. The molecule has 0 aliphatic rings. The van der Waals surface area contributed by atoms with Crippen molar-refractivity contribution in [3.8, 4) is 5.75 Å². The van der Waals surface area contributed by atoms with Crippen LogP contribution in [0.3, 0.4) is 0 Å². The van der Waals surface area contributed by atoms with Gasteiger partial charge in [-0.1, -0.05) is 50.5 Å². The van der Waals surface area contributed by atoms with Crippen LogP contribution in [-0.2, 0) is 0 Å². The van der Waals surface area contributed by atoms with Crippen LogP contribution in [0.1, 0.15) is 44.6 Å². The van der Waals surface area contributed by atoms with Crippen molar-refractivity contribution in [2.45, 2.75) is 39.0 Å². The number of benzene rings is 1.